The summed E-state index contributed by atoms with van der Waals surface area (Å²) in [6.45, 7) is 21.2. The summed E-state index contributed by atoms with van der Waals surface area (Å²) in [6.07, 6.45) is 0.410. The molecule has 0 heterocycles. The largest absolute Gasteiger partial charge is 0.480 e. The second kappa shape index (κ2) is 22.5. The van der Waals surface area contributed by atoms with E-state index < -0.39 is 101 Å². The van der Waals surface area contributed by atoms with Crippen molar-refractivity contribution in [2.24, 2.45) is 41.2 Å². The van der Waals surface area contributed by atoms with Gasteiger partial charge >= 0.3 is 5.97 Å². The van der Waals surface area contributed by atoms with Crippen molar-refractivity contribution in [3.05, 3.63) is 0 Å². The fraction of sp³-hybridized carbons (Fsp3) is 0.800. The SMILES string of the molecule is CC(C)C[C@H](NC(=O)[C@@H](NC(=O)[C@H](CC(C)C)NC(=O)[C@@H](NC(=O)[C@@H](NC(=O)[C@@H](NC(=O)[C@@H](N)CS)C(C)C)C(C)C)C(C)C)C(C)C)C(=O)O. The third kappa shape index (κ3) is 16.7. The zero-order valence-corrected chi connectivity index (χ0v) is 33.4. The van der Waals surface area contributed by atoms with Gasteiger partial charge in [0.2, 0.25) is 35.4 Å². The molecule has 0 spiro atoms. The molecule has 294 valence electrons. The van der Waals surface area contributed by atoms with Gasteiger partial charge in [-0.3, -0.25) is 28.8 Å². The van der Waals surface area contributed by atoms with Gasteiger partial charge in [0.25, 0.3) is 0 Å². The Morgan fingerprint density at radius 3 is 1.04 bits per heavy atom. The minimum Gasteiger partial charge on any atom is -0.480 e. The molecule has 9 N–H and O–H groups in total. The Bertz CT molecular complexity index is 1190. The quantitative estimate of drug-likeness (QED) is 0.0717. The van der Waals surface area contributed by atoms with Gasteiger partial charge < -0.3 is 42.7 Å². The van der Waals surface area contributed by atoms with Gasteiger partial charge in [-0.2, -0.15) is 12.6 Å². The van der Waals surface area contributed by atoms with Gasteiger partial charge in [0.05, 0.1) is 6.04 Å². The second-order valence-corrected chi connectivity index (χ2v) is 15.8. The molecule has 15 nitrogen and oxygen atoms in total. The minimum atomic E-state index is -1.18. The molecule has 0 saturated carbocycles. The Kier molecular flexibility index (Phi) is 21.0. The number of nitrogens with two attached hydrogens (primary N) is 1. The first-order valence-electron chi connectivity index (χ1n) is 17.9. The van der Waals surface area contributed by atoms with Crippen molar-refractivity contribution in [2.75, 3.05) is 5.75 Å². The van der Waals surface area contributed by atoms with Crippen molar-refractivity contribution < 1.29 is 38.7 Å². The first-order chi connectivity index (χ1) is 23.4. The van der Waals surface area contributed by atoms with Crippen LogP contribution in [0.15, 0.2) is 0 Å². The number of amides is 6. The van der Waals surface area contributed by atoms with Gasteiger partial charge in [-0.05, 0) is 48.3 Å². The molecule has 0 aliphatic rings. The maximum absolute atomic E-state index is 13.7. The molecule has 0 saturated heterocycles. The van der Waals surface area contributed by atoms with Crippen LogP contribution in [0, 0.1) is 35.5 Å². The fourth-order valence-electron chi connectivity index (χ4n) is 5.14. The van der Waals surface area contributed by atoms with E-state index in [1.807, 2.05) is 27.7 Å². The smallest absolute Gasteiger partial charge is 0.326 e. The van der Waals surface area contributed by atoms with Gasteiger partial charge in [-0.1, -0.05) is 83.1 Å². The molecule has 7 atom stereocenters. The number of carbonyl (C=O) groups excluding carboxylic acids is 6. The number of hydrogen-bond donors (Lipinski definition) is 9. The molecule has 0 fully saturated rings. The Labute approximate surface area is 309 Å². The molecular weight excluding hydrogens is 678 g/mol. The van der Waals surface area contributed by atoms with Crippen LogP contribution in [-0.4, -0.2) is 94.6 Å². The standard InChI is InChI=1S/C35H65N7O8S/c1-16(2)13-23(30(44)40-25(18(5)6)32(46)38-24(35(49)50)14-17(3)4)37-31(45)26(19(7)8)41-34(48)28(21(11)12)42-33(47)27(20(9)10)39-29(43)22(36)15-51/h16-28,51H,13-15,36H2,1-12H3,(H,37,45)(H,38,46)(H,39,43)(H,40,44)(H,41,48)(H,42,47)(H,49,50)/t22-,23-,24-,25-,26-,27-,28-/m0/s1. The predicted molar refractivity (Wildman–Crippen MR) is 199 cm³/mol. The van der Waals surface area contributed by atoms with Crippen molar-refractivity contribution in [3.63, 3.8) is 0 Å². The molecule has 0 aliphatic carbocycles. The fourth-order valence-corrected chi connectivity index (χ4v) is 5.31. The van der Waals surface area contributed by atoms with Crippen LogP contribution in [0.1, 0.15) is 95.9 Å². The third-order valence-electron chi connectivity index (χ3n) is 8.18. The van der Waals surface area contributed by atoms with Crippen LogP contribution in [0.4, 0.5) is 0 Å². The van der Waals surface area contributed by atoms with Crippen LogP contribution in [0.2, 0.25) is 0 Å². The summed E-state index contributed by atoms with van der Waals surface area (Å²) >= 11 is 4.03. The number of aliphatic carboxylic acids is 1. The lowest BCUT2D eigenvalue weighted by molar-refractivity contribution is -0.143. The highest BCUT2D eigenvalue weighted by atomic mass is 32.1. The van der Waals surface area contributed by atoms with Crippen LogP contribution in [0.5, 0.6) is 0 Å². The second-order valence-electron chi connectivity index (χ2n) is 15.4. The van der Waals surface area contributed by atoms with E-state index in [1.165, 1.54) is 0 Å². The minimum absolute atomic E-state index is 0.00208. The number of nitrogens with one attached hydrogen (secondary N) is 6. The molecule has 0 radical (unpaired) electrons. The van der Waals surface area contributed by atoms with Gasteiger partial charge in [0.15, 0.2) is 0 Å². The number of hydrogen-bond acceptors (Lipinski definition) is 9. The summed E-state index contributed by atoms with van der Waals surface area (Å²) in [5.41, 5.74) is 5.76. The Morgan fingerprint density at radius 1 is 0.471 bits per heavy atom. The van der Waals surface area contributed by atoms with Crippen molar-refractivity contribution >= 4 is 54.0 Å². The zero-order chi connectivity index (χ0) is 39.9. The van der Waals surface area contributed by atoms with E-state index in [0.717, 1.165) is 0 Å². The van der Waals surface area contributed by atoms with Gasteiger partial charge in [0, 0.05) is 5.75 Å². The van der Waals surface area contributed by atoms with Crippen molar-refractivity contribution in [3.8, 4) is 0 Å². The van der Waals surface area contributed by atoms with Gasteiger partial charge in [-0.15, -0.1) is 0 Å². The number of carbonyl (C=O) groups is 7. The van der Waals surface area contributed by atoms with E-state index >= 15 is 0 Å². The molecule has 0 unspecified atom stereocenters. The maximum Gasteiger partial charge on any atom is 0.326 e. The molecule has 0 aromatic heterocycles. The van der Waals surface area contributed by atoms with E-state index in [2.05, 4.69) is 44.5 Å². The maximum atomic E-state index is 13.7. The topological polar surface area (TPSA) is 238 Å². The van der Waals surface area contributed by atoms with Crippen molar-refractivity contribution in [1.29, 1.82) is 0 Å². The summed E-state index contributed by atoms with van der Waals surface area (Å²) < 4.78 is 0. The summed E-state index contributed by atoms with van der Waals surface area (Å²) in [6, 6.07) is -7.40. The van der Waals surface area contributed by atoms with Gasteiger partial charge in [0.1, 0.15) is 36.3 Å². The van der Waals surface area contributed by atoms with Crippen molar-refractivity contribution in [1.82, 2.24) is 31.9 Å². The van der Waals surface area contributed by atoms with E-state index in [1.54, 1.807) is 55.4 Å². The average molecular weight is 744 g/mol. The van der Waals surface area contributed by atoms with Crippen LogP contribution in [0.3, 0.4) is 0 Å². The lowest BCUT2D eigenvalue weighted by Crippen LogP contribution is -2.62. The van der Waals surface area contributed by atoms with E-state index in [0.29, 0.717) is 0 Å². The van der Waals surface area contributed by atoms with Gasteiger partial charge in [-0.25, -0.2) is 4.79 Å². The van der Waals surface area contributed by atoms with Crippen LogP contribution >= 0.6 is 12.6 Å². The number of carboxylic acids is 1. The summed E-state index contributed by atoms with van der Waals surface area (Å²) in [5, 5.41) is 25.6. The van der Waals surface area contributed by atoms with E-state index in [9.17, 15) is 38.7 Å². The molecule has 51 heavy (non-hydrogen) atoms. The zero-order valence-electron chi connectivity index (χ0n) is 32.5. The number of rotatable bonds is 22. The summed E-state index contributed by atoms with van der Waals surface area (Å²) in [5.74, 6) is -6.48. The van der Waals surface area contributed by atoms with E-state index in [4.69, 9.17) is 5.73 Å². The Morgan fingerprint density at radius 2 is 0.745 bits per heavy atom. The summed E-state index contributed by atoms with van der Waals surface area (Å²) in [4.78, 5) is 91.6. The molecule has 16 heteroatoms. The molecule has 6 amide bonds. The molecule has 0 bridgehead atoms. The number of carboxylic acid groups (broad SMARTS) is 1. The molecule has 0 aromatic carbocycles. The first-order valence-corrected chi connectivity index (χ1v) is 18.5. The Hall–Kier alpha value is -3.40. The van der Waals surface area contributed by atoms with Crippen LogP contribution in [-0.2, 0) is 33.6 Å². The average Bonchev–Trinajstić information content (AvgIpc) is 3.00. The molecule has 0 rings (SSSR count). The number of thiol groups is 1. The molecule has 0 aliphatic heterocycles. The highest BCUT2D eigenvalue weighted by Gasteiger charge is 2.36. The van der Waals surface area contributed by atoms with Crippen LogP contribution in [0.25, 0.3) is 0 Å². The van der Waals surface area contributed by atoms with Crippen LogP contribution < -0.4 is 37.6 Å². The highest BCUT2D eigenvalue weighted by molar-refractivity contribution is 7.80. The lowest BCUT2D eigenvalue weighted by Gasteiger charge is -2.31. The first kappa shape index (κ1) is 47.6. The Balaban J connectivity index is 6.08. The lowest BCUT2D eigenvalue weighted by atomic mass is 9.96. The molecular formula is C35H65N7O8S. The van der Waals surface area contributed by atoms with Crippen molar-refractivity contribution in [2.45, 2.75) is 138 Å². The highest BCUT2D eigenvalue weighted by Crippen LogP contribution is 2.13. The normalized spacial score (nSPS) is 15.8. The monoisotopic (exact) mass is 743 g/mol. The summed E-state index contributed by atoms with van der Waals surface area (Å²) in [7, 11) is 0. The third-order valence-corrected chi connectivity index (χ3v) is 8.58. The predicted octanol–water partition coefficient (Wildman–Crippen LogP) is 0.953. The van der Waals surface area contributed by atoms with E-state index in [-0.39, 0.29) is 36.3 Å². The molecule has 0 aromatic rings.